The molecular formula is C23H30N4O2S2. The molecule has 3 aromatic rings. The Morgan fingerprint density at radius 3 is 2.52 bits per heavy atom. The van der Waals surface area contributed by atoms with Crippen molar-refractivity contribution in [3.63, 3.8) is 0 Å². The maximum Gasteiger partial charge on any atom is 0.407 e. The number of nitrogens with one attached hydrogen (secondary N) is 1. The van der Waals surface area contributed by atoms with Gasteiger partial charge in [0.2, 0.25) is 0 Å². The molecule has 0 saturated heterocycles. The summed E-state index contributed by atoms with van der Waals surface area (Å²) < 4.78 is 7.33. The van der Waals surface area contributed by atoms with Gasteiger partial charge in [-0.05, 0) is 45.7 Å². The fraction of sp³-hybridized carbons (Fsp3) is 0.435. The van der Waals surface area contributed by atoms with E-state index in [2.05, 4.69) is 48.4 Å². The molecule has 0 aliphatic rings. The predicted molar refractivity (Wildman–Crippen MR) is 127 cm³/mol. The van der Waals surface area contributed by atoms with Gasteiger partial charge in [-0.3, -0.25) is 4.68 Å². The van der Waals surface area contributed by atoms with E-state index in [0.29, 0.717) is 13.1 Å². The molecule has 2 heterocycles. The quantitative estimate of drug-likeness (QED) is 0.461. The van der Waals surface area contributed by atoms with Crippen LogP contribution in [0.2, 0.25) is 0 Å². The monoisotopic (exact) mass is 458 g/mol. The van der Waals surface area contributed by atoms with Crippen LogP contribution < -0.4 is 5.32 Å². The SMILES string of the molecule is CCc1nn(CCNC(=O)OC(C)(C)C)c(CC)c1Sc1ccc(-c2nccs2)cc1. The van der Waals surface area contributed by atoms with Crippen LogP contribution in [-0.2, 0) is 24.1 Å². The van der Waals surface area contributed by atoms with Gasteiger partial charge in [0, 0.05) is 28.6 Å². The molecule has 1 amide bonds. The van der Waals surface area contributed by atoms with Gasteiger partial charge in [0.15, 0.2) is 0 Å². The van der Waals surface area contributed by atoms with Crippen molar-refractivity contribution in [2.24, 2.45) is 0 Å². The lowest BCUT2D eigenvalue weighted by Gasteiger charge is -2.19. The van der Waals surface area contributed by atoms with Crippen molar-refractivity contribution in [3.05, 3.63) is 47.2 Å². The van der Waals surface area contributed by atoms with Gasteiger partial charge >= 0.3 is 6.09 Å². The lowest BCUT2D eigenvalue weighted by molar-refractivity contribution is 0.0525. The smallest absolute Gasteiger partial charge is 0.407 e. The average Bonchev–Trinajstić information content (AvgIpc) is 3.35. The topological polar surface area (TPSA) is 69.0 Å². The van der Waals surface area contributed by atoms with Gasteiger partial charge in [-0.25, -0.2) is 9.78 Å². The highest BCUT2D eigenvalue weighted by Gasteiger charge is 2.18. The lowest BCUT2D eigenvalue weighted by Crippen LogP contribution is -2.34. The average molecular weight is 459 g/mol. The van der Waals surface area contributed by atoms with E-state index in [4.69, 9.17) is 9.84 Å². The van der Waals surface area contributed by atoms with Gasteiger partial charge in [0.25, 0.3) is 0 Å². The minimum atomic E-state index is -0.501. The molecule has 2 aromatic heterocycles. The van der Waals surface area contributed by atoms with Gasteiger partial charge in [0.1, 0.15) is 10.6 Å². The van der Waals surface area contributed by atoms with E-state index in [0.717, 1.165) is 29.1 Å². The Hall–Kier alpha value is -2.32. The van der Waals surface area contributed by atoms with Crippen LogP contribution >= 0.6 is 23.1 Å². The second-order valence-corrected chi connectivity index (χ2v) is 10.0. The van der Waals surface area contributed by atoms with Gasteiger partial charge in [-0.15, -0.1) is 11.3 Å². The number of rotatable bonds is 8. The van der Waals surface area contributed by atoms with E-state index in [1.54, 1.807) is 23.1 Å². The fourth-order valence-corrected chi connectivity index (χ4v) is 4.96. The van der Waals surface area contributed by atoms with E-state index in [-0.39, 0.29) is 0 Å². The number of aryl methyl sites for hydroxylation is 1. The molecule has 0 aliphatic carbocycles. The number of benzene rings is 1. The second-order valence-electron chi connectivity index (χ2n) is 8.05. The normalized spacial score (nSPS) is 11.5. The molecule has 0 fully saturated rings. The molecular weight excluding hydrogens is 428 g/mol. The van der Waals surface area contributed by atoms with Crippen molar-refractivity contribution >= 4 is 29.2 Å². The van der Waals surface area contributed by atoms with Crippen molar-refractivity contribution in [1.29, 1.82) is 0 Å². The summed E-state index contributed by atoms with van der Waals surface area (Å²) in [5.41, 5.74) is 2.91. The molecule has 0 unspecified atom stereocenters. The molecule has 0 saturated carbocycles. The molecule has 0 atom stereocenters. The number of hydrogen-bond donors (Lipinski definition) is 1. The van der Waals surface area contributed by atoms with Gasteiger partial charge < -0.3 is 10.1 Å². The molecule has 0 aliphatic heterocycles. The number of hydrogen-bond acceptors (Lipinski definition) is 6. The molecule has 0 radical (unpaired) electrons. The first kappa shape index (κ1) is 23.3. The largest absolute Gasteiger partial charge is 0.444 e. The zero-order chi connectivity index (χ0) is 22.4. The highest BCUT2D eigenvalue weighted by Crippen LogP contribution is 2.35. The first-order valence-corrected chi connectivity index (χ1v) is 12.2. The first-order valence-electron chi connectivity index (χ1n) is 10.5. The van der Waals surface area contributed by atoms with Crippen LogP contribution in [0.4, 0.5) is 4.79 Å². The summed E-state index contributed by atoms with van der Waals surface area (Å²) in [6.07, 6.45) is 3.16. The number of carbonyl (C=O) groups is 1. The van der Waals surface area contributed by atoms with E-state index < -0.39 is 11.7 Å². The van der Waals surface area contributed by atoms with Crippen LogP contribution in [0.25, 0.3) is 10.6 Å². The van der Waals surface area contributed by atoms with Crippen LogP contribution in [0.5, 0.6) is 0 Å². The molecule has 0 spiro atoms. The number of amides is 1. The van der Waals surface area contributed by atoms with E-state index in [1.165, 1.54) is 15.5 Å². The summed E-state index contributed by atoms with van der Waals surface area (Å²) in [6, 6.07) is 8.52. The molecule has 6 nitrogen and oxygen atoms in total. The van der Waals surface area contributed by atoms with Crippen molar-refractivity contribution < 1.29 is 9.53 Å². The Morgan fingerprint density at radius 1 is 1.19 bits per heavy atom. The van der Waals surface area contributed by atoms with Gasteiger partial charge in [0.05, 0.1) is 22.8 Å². The molecule has 31 heavy (non-hydrogen) atoms. The van der Waals surface area contributed by atoms with E-state index in [1.807, 2.05) is 37.0 Å². The lowest BCUT2D eigenvalue weighted by atomic mass is 10.2. The summed E-state index contributed by atoms with van der Waals surface area (Å²) in [6.45, 7) is 10.9. The number of nitrogens with zero attached hydrogens (tertiary/aromatic N) is 3. The highest BCUT2D eigenvalue weighted by molar-refractivity contribution is 7.99. The number of ether oxygens (including phenoxy) is 1. The number of carbonyl (C=O) groups excluding carboxylic acids is 1. The Morgan fingerprint density at radius 2 is 1.94 bits per heavy atom. The summed E-state index contributed by atoms with van der Waals surface area (Å²) in [7, 11) is 0. The zero-order valence-corrected chi connectivity index (χ0v) is 20.4. The Bertz CT molecular complexity index is 990. The molecule has 3 rings (SSSR count). The first-order chi connectivity index (χ1) is 14.8. The standard InChI is InChI=1S/C23H30N4O2S2/c1-6-18-20(31-17-10-8-16(9-11-17)21-24-13-15-30-21)19(7-2)27(26-18)14-12-25-22(28)29-23(3,4)5/h8-11,13,15H,6-7,12,14H2,1-5H3,(H,25,28). The number of alkyl carbamates (subject to hydrolysis) is 1. The summed E-state index contributed by atoms with van der Waals surface area (Å²) in [4.78, 5) is 18.7. The molecule has 1 aromatic carbocycles. The molecule has 166 valence electrons. The van der Waals surface area contributed by atoms with Gasteiger partial charge in [-0.1, -0.05) is 37.7 Å². The Labute approximate surface area is 192 Å². The Balaban J connectivity index is 1.70. The van der Waals surface area contributed by atoms with Crippen LogP contribution in [0.1, 0.15) is 46.0 Å². The third-order valence-corrected chi connectivity index (χ3v) is 6.50. The van der Waals surface area contributed by atoms with E-state index in [9.17, 15) is 4.79 Å². The number of thiazole rings is 1. The third kappa shape index (κ3) is 6.33. The van der Waals surface area contributed by atoms with Crippen molar-refractivity contribution in [2.75, 3.05) is 6.54 Å². The maximum absolute atomic E-state index is 11.9. The van der Waals surface area contributed by atoms with Crippen molar-refractivity contribution in [2.45, 2.75) is 69.4 Å². The number of aromatic nitrogens is 3. The van der Waals surface area contributed by atoms with Crippen LogP contribution in [0.15, 0.2) is 45.6 Å². The second kappa shape index (κ2) is 10.3. The van der Waals surface area contributed by atoms with Crippen LogP contribution in [-0.4, -0.2) is 33.0 Å². The minimum Gasteiger partial charge on any atom is -0.444 e. The summed E-state index contributed by atoms with van der Waals surface area (Å²) >= 11 is 3.40. The van der Waals surface area contributed by atoms with Crippen LogP contribution in [0.3, 0.4) is 0 Å². The molecule has 0 bridgehead atoms. The molecule has 1 N–H and O–H groups in total. The predicted octanol–water partition coefficient (Wildman–Crippen LogP) is 5.81. The fourth-order valence-electron chi connectivity index (χ4n) is 3.14. The van der Waals surface area contributed by atoms with Crippen molar-refractivity contribution in [1.82, 2.24) is 20.1 Å². The third-order valence-electron chi connectivity index (χ3n) is 4.49. The van der Waals surface area contributed by atoms with Crippen LogP contribution in [0, 0.1) is 0 Å². The zero-order valence-electron chi connectivity index (χ0n) is 18.8. The maximum atomic E-state index is 11.9. The molecule has 8 heteroatoms. The highest BCUT2D eigenvalue weighted by atomic mass is 32.2. The van der Waals surface area contributed by atoms with Crippen molar-refractivity contribution in [3.8, 4) is 10.6 Å². The summed E-state index contributed by atoms with van der Waals surface area (Å²) in [5, 5.41) is 10.7. The van der Waals surface area contributed by atoms with E-state index >= 15 is 0 Å². The van der Waals surface area contributed by atoms with Gasteiger partial charge in [-0.2, -0.15) is 5.10 Å². The summed E-state index contributed by atoms with van der Waals surface area (Å²) in [5.74, 6) is 0. The Kier molecular flexibility index (Phi) is 7.78. The minimum absolute atomic E-state index is 0.400.